The van der Waals surface area contributed by atoms with Crippen molar-refractivity contribution in [1.29, 1.82) is 0 Å². The largest absolute Gasteiger partial charge is 0.388 e. The topological polar surface area (TPSA) is 20.2 Å². The third-order valence-electron chi connectivity index (χ3n) is 2.90. The van der Waals surface area contributed by atoms with E-state index in [1.807, 2.05) is 0 Å². The van der Waals surface area contributed by atoms with E-state index in [4.69, 9.17) is 0 Å². The lowest BCUT2D eigenvalue weighted by atomic mass is 9.91. The Bertz CT molecular complexity index is 318. The molecule has 0 radical (unpaired) electrons. The molecule has 1 aromatic carbocycles. The molecule has 0 heterocycles. The lowest BCUT2D eigenvalue weighted by molar-refractivity contribution is 0.203. The summed E-state index contributed by atoms with van der Waals surface area (Å²) in [7, 11) is 0. The molecule has 1 rings (SSSR count). The average Bonchev–Trinajstić information content (AvgIpc) is 2.15. The maximum absolute atomic E-state index is 9.89. The van der Waals surface area contributed by atoms with E-state index in [0.717, 1.165) is 5.56 Å². The third-order valence-corrected chi connectivity index (χ3v) is 3.52. The van der Waals surface area contributed by atoms with Gasteiger partial charge in [-0.2, -0.15) is 0 Å². The molecule has 0 saturated heterocycles. The van der Waals surface area contributed by atoms with Crippen molar-refractivity contribution in [3.63, 3.8) is 0 Å². The molecule has 0 bridgehead atoms. The zero-order valence-corrected chi connectivity index (χ0v) is 10.8. The highest BCUT2D eigenvalue weighted by Crippen LogP contribution is 2.28. The van der Waals surface area contributed by atoms with Crippen molar-refractivity contribution < 1.29 is 5.11 Å². The third kappa shape index (κ3) is 2.01. The van der Waals surface area contributed by atoms with Gasteiger partial charge in [0.05, 0.1) is 6.10 Å². The first-order chi connectivity index (χ1) is 6.49. The van der Waals surface area contributed by atoms with E-state index < -0.39 is 6.10 Å². The number of aliphatic hydroxyl groups is 1. The van der Waals surface area contributed by atoms with Gasteiger partial charge in [0.15, 0.2) is 0 Å². The summed E-state index contributed by atoms with van der Waals surface area (Å²) in [5.74, 6) is 0. The normalized spacial score (nSPS) is 13.0. The molecule has 0 saturated carbocycles. The predicted octanol–water partition coefficient (Wildman–Crippen LogP) is 3.35. The second-order valence-corrected chi connectivity index (χ2v) is 4.49. The van der Waals surface area contributed by atoms with Gasteiger partial charge in [0.2, 0.25) is 0 Å². The van der Waals surface area contributed by atoms with Crippen molar-refractivity contribution in [2.24, 2.45) is 0 Å². The van der Waals surface area contributed by atoms with Crippen LogP contribution in [0.3, 0.4) is 0 Å². The summed E-state index contributed by atoms with van der Waals surface area (Å²) < 4.78 is 0. The van der Waals surface area contributed by atoms with E-state index >= 15 is 0 Å². The van der Waals surface area contributed by atoms with Crippen molar-refractivity contribution >= 4 is 15.9 Å². The predicted molar refractivity (Wildman–Crippen MR) is 64.1 cm³/mol. The number of aliphatic hydroxyl groups excluding tert-OH is 1. The van der Waals surface area contributed by atoms with E-state index in [2.05, 4.69) is 49.7 Å². The first-order valence-electron chi connectivity index (χ1n) is 4.80. The van der Waals surface area contributed by atoms with Crippen molar-refractivity contribution in [1.82, 2.24) is 0 Å². The van der Waals surface area contributed by atoms with Crippen molar-refractivity contribution in [2.45, 2.75) is 33.8 Å². The number of hydrogen-bond donors (Lipinski definition) is 1. The van der Waals surface area contributed by atoms with E-state index in [0.29, 0.717) is 5.33 Å². The number of halogens is 1. The molecular weight excluding hydrogens is 240 g/mol. The van der Waals surface area contributed by atoms with Crippen LogP contribution in [0.15, 0.2) is 6.07 Å². The Hall–Kier alpha value is -0.340. The number of rotatable bonds is 2. The highest BCUT2D eigenvalue weighted by molar-refractivity contribution is 9.09. The van der Waals surface area contributed by atoms with Crippen LogP contribution in [0.5, 0.6) is 0 Å². The molecule has 0 aliphatic heterocycles. The molecule has 1 N–H and O–H groups in total. The Morgan fingerprint density at radius 2 is 1.57 bits per heavy atom. The number of aryl methyl sites for hydroxylation is 2. The first-order valence-corrected chi connectivity index (χ1v) is 5.92. The fraction of sp³-hybridized carbons (Fsp3) is 0.500. The van der Waals surface area contributed by atoms with Crippen LogP contribution in [0.4, 0.5) is 0 Å². The first kappa shape index (κ1) is 11.7. The summed E-state index contributed by atoms with van der Waals surface area (Å²) in [6, 6.07) is 2.18. The Balaban J connectivity index is 3.39. The van der Waals surface area contributed by atoms with Crippen LogP contribution in [0, 0.1) is 27.7 Å². The van der Waals surface area contributed by atoms with E-state index in [9.17, 15) is 5.11 Å². The molecule has 1 atom stereocenters. The lowest BCUT2D eigenvalue weighted by Crippen LogP contribution is -2.06. The smallest absolute Gasteiger partial charge is 0.0892 e. The van der Waals surface area contributed by atoms with Gasteiger partial charge in [0, 0.05) is 5.33 Å². The quantitative estimate of drug-likeness (QED) is 0.805. The SMILES string of the molecule is Cc1cc(C)c(C)c(C(O)CBr)c1C. The Morgan fingerprint density at radius 3 is 1.93 bits per heavy atom. The van der Waals surface area contributed by atoms with Gasteiger partial charge in [0.25, 0.3) is 0 Å². The molecule has 0 spiro atoms. The van der Waals surface area contributed by atoms with Crippen LogP contribution < -0.4 is 0 Å². The Labute approximate surface area is 94.3 Å². The highest BCUT2D eigenvalue weighted by Gasteiger charge is 2.14. The maximum Gasteiger partial charge on any atom is 0.0892 e. The van der Waals surface area contributed by atoms with Crippen LogP contribution in [0.25, 0.3) is 0 Å². The van der Waals surface area contributed by atoms with Gasteiger partial charge in [-0.3, -0.25) is 0 Å². The zero-order valence-electron chi connectivity index (χ0n) is 9.19. The molecule has 0 aromatic heterocycles. The summed E-state index contributed by atoms with van der Waals surface area (Å²) in [5.41, 5.74) is 6.01. The van der Waals surface area contributed by atoms with E-state index in [1.54, 1.807) is 0 Å². The van der Waals surface area contributed by atoms with Crippen molar-refractivity contribution in [3.05, 3.63) is 33.9 Å². The van der Waals surface area contributed by atoms with Crippen LogP contribution in [-0.2, 0) is 0 Å². The van der Waals surface area contributed by atoms with Gasteiger partial charge in [-0.05, 0) is 55.5 Å². The number of hydrogen-bond acceptors (Lipinski definition) is 1. The van der Waals surface area contributed by atoms with Crippen LogP contribution in [0.1, 0.15) is 33.9 Å². The molecule has 0 aliphatic carbocycles. The van der Waals surface area contributed by atoms with Gasteiger partial charge >= 0.3 is 0 Å². The standard InChI is InChI=1S/C12H17BrO/c1-7-5-8(2)10(4)12(9(7)3)11(14)6-13/h5,11,14H,6H2,1-4H3. The molecule has 1 nitrogen and oxygen atoms in total. The minimum Gasteiger partial charge on any atom is -0.388 e. The molecule has 0 aliphatic rings. The summed E-state index contributed by atoms with van der Waals surface area (Å²) in [6.45, 7) is 8.32. The molecule has 1 unspecified atom stereocenters. The summed E-state index contributed by atoms with van der Waals surface area (Å²) in [6.07, 6.45) is -0.395. The fourth-order valence-corrected chi connectivity index (χ4v) is 2.15. The van der Waals surface area contributed by atoms with Crippen LogP contribution in [0.2, 0.25) is 0 Å². The maximum atomic E-state index is 9.89. The van der Waals surface area contributed by atoms with Gasteiger partial charge in [-0.1, -0.05) is 22.0 Å². The fourth-order valence-electron chi connectivity index (χ4n) is 1.82. The highest BCUT2D eigenvalue weighted by atomic mass is 79.9. The summed E-state index contributed by atoms with van der Waals surface area (Å²) >= 11 is 3.32. The van der Waals surface area contributed by atoms with E-state index in [-0.39, 0.29) is 0 Å². The molecule has 78 valence electrons. The van der Waals surface area contributed by atoms with Gasteiger partial charge < -0.3 is 5.11 Å². The molecule has 0 amide bonds. The second kappa shape index (κ2) is 4.45. The Morgan fingerprint density at radius 1 is 1.14 bits per heavy atom. The van der Waals surface area contributed by atoms with Gasteiger partial charge in [-0.15, -0.1) is 0 Å². The van der Waals surface area contributed by atoms with Crippen molar-refractivity contribution in [2.75, 3.05) is 5.33 Å². The molecule has 14 heavy (non-hydrogen) atoms. The minimum atomic E-state index is -0.395. The molecule has 0 fully saturated rings. The summed E-state index contributed by atoms with van der Waals surface area (Å²) in [4.78, 5) is 0. The number of alkyl halides is 1. The van der Waals surface area contributed by atoms with Gasteiger partial charge in [-0.25, -0.2) is 0 Å². The molecular formula is C12H17BrO. The van der Waals surface area contributed by atoms with Crippen LogP contribution >= 0.6 is 15.9 Å². The van der Waals surface area contributed by atoms with Gasteiger partial charge in [0.1, 0.15) is 0 Å². The monoisotopic (exact) mass is 256 g/mol. The number of benzene rings is 1. The molecule has 1 aromatic rings. The average molecular weight is 257 g/mol. The summed E-state index contributed by atoms with van der Waals surface area (Å²) in [5, 5.41) is 10.5. The Kier molecular flexibility index (Phi) is 3.73. The second-order valence-electron chi connectivity index (χ2n) is 3.84. The van der Waals surface area contributed by atoms with Crippen LogP contribution in [-0.4, -0.2) is 10.4 Å². The van der Waals surface area contributed by atoms with E-state index in [1.165, 1.54) is 22.3 Å². The minimum absolute atomic E-state index is 0.395. The lowest BCUT2D eigenvalue weighted by Gasteiger charge is -2.18. The molecule has 2 heteroatoms. The van der Waals surface area contributed by atoms with Crippen molar-refractivity contribution in [3.8, 4) is 0 Å². The zero-order chi connectivity index (χ0) is 10.9.